The van der Waals surface area contributed by atoms with Crippen molar-refractivity contribution < 1.29 is 0 Å². The van der Waals surface area contributed by atoms with E-state index in [0.29, 0.717) is 6.04 Å². The molecule has 0 heterocycles. The average Bonchev–Trinajstić information content (AvgIpc) is 2.26. The molecule has 0 aliphatic rings. The molecule has 2 atom stereocenters. The highest BCUT2D eigenvalue weighted by Gasteiger charge is 2.15. The molecule has 0 radical (unpaired) electrons. The molecule has 1 nitrogen and oxygen atoms in total. The lowest BCUT2D eigenvalue weighted by Gasteiger charge is -2.21. The lowest BCUT2D eigenvalue weighted by molar-refractivity contribution is 0.421. The van der Waals surface area contributed by atoms with Crippen molar-refractivity contribution in [3.8, 4) is 0 Å². The van der Waals surface area contributed by atoms with Crippen LogP contribution in [0, 0.1) is 5.92 Å². The molecule has 1 aromatic rings. The molecular formula is C13H19Br2N. The molecule has 3 heteroatoms. The van der Waals surface area contributed by atoms with E-state index in [-0.39, 0.29) is 0 Å². The van der Waals surface area contributed by atoms with Crippen molar-refractivity contribution >= 4 is 31.9 Å². The van der Waals surface area contributed by atoms with E-state index in [0.717, 1.165) is 10.4 Å². The average molecular weight is 349 g/mol. The molecule has 0 aliphatic carbocycles. The number of benzene rings is 1. The fraction of sp³-hybridized carbons (Fsp3) is 0.538. The van der Waals surface area contributed by atoms with E-state index in [4.69, 9.17) is 0 Å². The topological polar surface area (TPSA) is 12.0 Å². The van der Waals surface area contributed by atoms with Crippen LogP contribution < -0.4 is 5.32 Å². The highest BCUT2D eigenvalue weighted by atomic mass is 79.9. The van der Waals surface area contributed by atoms with Crippen LogP contribution in [0.15, 0.2) is 27.1 Å². The smallest absolute Gasteiger partial charge is 0.0331 e. The monoisotopic (exact) mass is 347 g/mol. The summed E-state index contributed by atoms with van der Waals surface area (Å²) < 4.78 is 2.28. The maximum absolute atomic E-state index is 3.63. The molecular weight excluding hydrogens is 330 g/mol. The molecule has 0 fully saturated rings. The maximum atomic E-state index is 3.63. The number of rotatable bonds is 5. The Balaban J connectivity index is 2.86. The summed E-state index contributed by atoms with van der Waals surface area (Å²) in [5, 5.41) is 3.40. The molecule has 2 unspecified atom stereocenters. The molecule has 90 valence electrons. The van der Waals surface area contributed by atoms with E-state index >= 15 is 0 Å². The van der Waals surface area contributed by atoms with E-state index in [1.165, 1.54) is 22.9 Å². The number of hydrogen-bond donors (Lipinski definition) is 1. The largest absolute Gasteiger partial charge is 0.313 e. The second kappa shape index (κ2) is 6.77. The number of hydrogen-bond acceptors (Lipinski definition) is 1. The normalized spacial score (nSPS) is 14.8. The molecule has 0 saturated heterocycles. The molecule has 0 spiro atoms. The third-order valence-corrected chi connectivity index (χ3v) is 4.20. The van der Waals surface area contributed by atoms with Gasteiger partial charge in [0, 0.05) is 15.0 Å². The van der Waals surface area contributed by atoms with Gasteiger partial charge in [-0.3, -0.25) is 0 Å². The Morgan fingerprint density at radius 2 is 2.00 bits per heavy atom. The van der Waals surface area contributed by atoms with Crippen LogP contribution in [0.5, 0.6) is 0 Å². The Morgan fingerprint density at radius 3 is 2.50 bits per heavy atom. The lowest BCUT2D eigenvalue weighted by Crippen LogP contribution is -2.19. The summed E-state index contributed by atoms with van der Waals surface area (Å²) in [5.74, 6) is 0.744. The van der Waals surface area contributed by atoms with Crippen LogP contribution in [-0.4, -0.2) is 7.05 Å². The third kappa shape index (κ3) is 3.86. The minimum absolute atomic E-state index is 0.428. The quantitative estimate of drug-likeness (QED) is 0.797. The highest BCUT2D eigenvalue weighted by molar-refractivity contribution is 9.11. The van der Waals surface area contributed by atoms with Crippen molar-refractivity contribution in [3.63, 3.8) is 0 Å². The van der Waals surface area contributed by atoms with Gasteiger partial charge in [0.05, 0.1) is 0 Å². The molecule has 1 N–H and O–H groups in total. The molecule has 0 saturated carbocycles. The Labute approximate surface area is 115 Å². The van der Waals surface area contributed by atoms with Crippen LogP contribution in [0.3, 0.4) is 0 Å². The van der Waals surface area contributed by atoms with Gasteiger partial charge in [-0.15, -0.1) is 0 Å². The van der Waals surface area contributed by atoms with Gasteiger partial charge in [-0.05, 0) is 37.1 Å². The second-order valence-electron chi connectivity index (χ2n) is 4.26. The van der Waals surface area contributed by atoms with E-state index in [1.54, 1.807) is 0 Å². The standard InChI is InChI=1S/C13H19Br2N/c1-4-9(2)7-13(16-3)11-6-5-10(14)8-12(11)15/h5-6,8-9,13,16H,4,7H2,1-3H3. The number of halogens is 2. The second-order valence-corrected chi connectivity index (χ2v) is 6.03. The van der Waals surface area contributed by atoms with Crippen LogP contribution in [0.4, 0.5) is 0 Å². The Bertz CT molecular complexity index is 339. The molecule has 1 aromatic carbocycles. The minimum Gasteiger partial charge on any atom is -0.313 e. The first-order valence-electron chi connectivity index (χ1n) is 5.70. The van der Waals surface area contributed by atoms with Crippen LogP contribution in [0.25, 0.3) is 0 Å². The summed E-state index contributed by atoms with van der Waals surface area (Å²) >= 11 is 7.11. The van der Waals surface area contributed by atoms with Crippen LogP contribution >= 0.6 is 31.9 Å². The predicted octanol–water partition coefficient (Wildman–Crippen LogP) is 4.91. The zero-order chi connectivity index (χ0) is 12.1. The van der Waals surface area contributed by atoms with Gasteiger partial charge < -0.3 is 5.32 Å². The van der Waals surface area contributed by atoms with Crippen molar-refractivity contribution in [3.05, 3.63) is 32.7 Å². The fourth-order valence-corrected chi connectivity index (χ4v) is 3.08. The Kier molecular flexibility index (Phi) is 6.01. The van der Waals surface area contributed by atoms with Gasteiger partial charge in [-0.1, -0.05) is 58.2 Å². The molecule has 1 rings (SSSR count). The summed E-state index contributed by atoms with van der Waals surface area (Å²) in [5.41, 5.74) is 1.34. The van der Waals surface area contributed by atoms with Crippen molar-refractivity contribution in [2.45, 2.75) is 32.7 Å². The summed E-state index contributed by atoms with van der Waals surface area (Å²) in [6, 6.07) is 6.81. The SMILES string of the molecule is CCC(C)CC(NC)c1ccc(Br)cc1Br. The molecule has 0 aromatic heterocycles. The molecule has 0 bridgehead atoms. The Morgan fingerprint density at radius 1 is 1.31 bits per heavy atom. The van der Waals surface area contributed by atoms with Crippen LogP contribution in [0.1, 0.15) is 38.3 Å². The zero-order valence-electron chi connectivity index (χ0n) is 10.1. The van der Waals surface area contributed by atoms with Gasteiger partial charge in [0.15, 0.2) is 0 Å². The van der Waals surface area contributed by atoms with E-state index in [9.17, 15) is 0 Å². The van der Waals surface area contributed by atoms with Crippen LogP contribution in [-0.2, 0) is 0 Å². The third-order valence-electron chi connectivity index (χ3n) is 3.02. The fourth-order valence-electron chi connectivity index (χ4n) is 1.75. The van der Waals surface area contributed by atoms with Gasteiger partial charge in [0.1, 0.15) is 0 Å². The van der Waals surface area contributed by atoms with Gasteiger partial charge in [0.2, 0.25) is 0 Å². The van der Waals surface area contributed by atoms with Crippen molar-refractivity contribution in [1.29, 1.82) is 0 Å². The van der Waals surface area contributed by atoms with Gasteiger partial charge in [-0.2, -0.15) is 0 Å². The van der Waals surface area contributed by atoms with Gasteiger partial charge in [0.25, 0.3) is 0 Å². The van der Waals surface area contributed by atoms with Gasteiger partial charge >= 0.3 is 0 Å². The summed E-state index contributed by atoms with van der Waals surface area (Å²) in [4.78, 5) is 0. The number of nitrogens with one attached hydrogen (secondary N) is 1. The Hall–Kier alpha value is 0.140. The summed E-state index contributed by atoms with van der Waals surface area (Å²) in [6.07, 6.45) is 2.40. The molecule has 0 amide bonds. The van der Waals surface area contributed by atoms with Crippen molar-refractivity contribution in [2.75, 3.05) is 7.05 Å². The highest BCUT2D eigenvalue weighted by Crippen LogP contribution is 2.30. The first-order chi connectivity index (χ1) is 7.58. The van der Waals surface area contributed by atoms with E-state index < -0.39 is 0 Å². The van der Waals surface area contributed by atoms with Crippen LogP contribution in [0.2, 0.25) is 0 Å². The molecule has 16 heavy (non-hydrogen) atoms. The minimum atomic E-state index is 0.428. The van der Waals surface area contributed by atoms with E-state index in [1.807, 2.05) is 7.05 Å². The summed E-state index contributed by atoms with van der Waals surface area (Å²) in [7, 11) is 2.03. The lowest BCUT2D eigenvalue weighted by atomic mass is 9.94. The van der Waals surface area contributed by atoms with Gasteiger partial charge in [-0.25, -0.2) is 0 Å². The molecule has 0 aliphatic heterocycles. The summed E-state index contributed by atoms with van der Waals surface area (Å²) in [6.45, 7) is 4.55. The maximum Gasteiger partial charge on any atom is 0.0331 e. The first kappa shape index (κ1) is 14.2. The zero-order valence-corrected chi connectivity index (χ0v) is 13.2. The first-order valence-corrected chi connectivity index (χ1v) is 7.29. The van der Waals surface area contributed by atoms with E-state index in [2.05, 4.69) is 69.2 Å². The van der Waals surface area contributed by atoms with Crippen molar-refractivity contribution in [2.24, 2.45) is 5.92 Å². The van der Waals surface area contributed by atoms with Crippen molar-refractivity contribution in [1.82, 2.24) is 5.32 Å². The predicted molar refractivity (Wildman–Crippen MR) is 77.7 cm³/mol.